The standard InChI is InChI=1S/C18H16N2O5/c1-10(25-13-6-4-12(24-2)5-7-13)16(21)19-11-3-8-14-15(9-11)18(23)20-17(14)22/h3-10H,1-2H3,(H,19,21)(H,20,22,23)/t10-/m1/s1. The van der Waals surface area contributed by atoms with Crippen molar-refractivity contribution in [3.8, 4) is 11.5 Å². The lowest BCUT2D eigenvalue weighted by Crippen LogP contribution is -2.30. The molecular formula is C18H16N2O5. The largest absolute Gasteiger partial charge is 0.497 e. The Kier molecular flexibility index (Phi) is 4.38. The number of fused-ring (bicyclic) bond motifs is 1. The van der Waals surface area contributed by atoms with Gasteiger partial charge in [0.25, 0.3) is 17.7 Å². The lowest BCUT2D eigenvalue weighted by Gasteiger charge is -2.15. The van der Waals surface area contributed by atoms with Gasteiger partial charge in [-0.25, -0.2) is 0 Å². The number of nitrogens with one attached hydrogen (secondary N) is 2. The second kappa shape index (κ2) is 6.64. The van der Waals surface area contributed by atoms with Gasteiger partial charge in [-0.15, -0.1) is 0 Å². The molecule has 1 heterocycles. The summed E-state index contributed by atoms with van der Waals surface area (Å²) in [6.07, 6.45) is -0.753. The number of carbonyl (C=O) groups excluding carboxylic acids is 3. The average Bonchev–Trinajstić information content (AvgIpc) is 2.89. The molecule has 3 rings (SSSR count). The summed E-state index contributed by atoms with van der Waals surface area (Å²) in [5, 5.41) is 4.87. The van der Waals surface area contributed by atoms with Gasteiger partial charge in [0.15, 0.2) is 6.10 Å². The van der Waals surface area contributed by atoms with E-state index >= 15 is 0 Å². The first-order chi connectivity index (χ1) is 12.0. The normalized spacial score (nSPS) is 13.7. The highest BCUT2D eigenvalue weighted by atomic mass is 16.5. The zero-order valence-corrected chi connectivity index (χ0v) is 13.7. The summed E-state index contributed by atoms with van der Waals surface area (Å²) in [4.78, 5) is 35.4. The first-order valence-corrected chi connectivity index (χ1v) is 7.59. The maximum Gasteiger partial charge on any atom is 0.265 e. The Hall–Kier alpha value is -3.35. The summed E-state index contributed by atoms with van der Waals surface area (Å²) in [6.45, 7) is 1.61. The first kappa shape index (κ1) is 16.5. The van der Waals surface area contributed by atoms with Crippen LogP contribution in [0.25, 0.3) is 0 Å². The van der Waals surface area contributed by atoms with Crippen molar-refractivity contribution in [2.75, 3.05) is 12.4 Å². The van der Waals surface area contributed by atoms with Gasteiger partial charge in [-0.3, -0.25) is 19.7 Å². The maximum atomic E-state index is 12.3. The van der Waals surface area contributed by atoms with E-state index in [1.54, 1.807) is 44.4 Å². The number of methoxy groups -OCH3 is 1. The molecule has 1 atom stereocenters. The Bertz CT molecular complexity index is 845. The molecule has 2 aromatic carbocycles. The van der Waals surface area contributed by atoms with E-state index in [1.807, 2.05) is 0 Å². The van der Waals surface area contributed by atoms with E-state index in [1.165, 1.54) is 12.1 Å². The van der Waals surface area contributed by atoms with E-state index < -0.39 is 17.9 Å². The van der Waals surface area contributed by atoms with Gasteiger partial charge < -0.3 is 14.8 Å². The predicted octanol–water partition coefficient (Wildman–Crippen LogP) is 1.98. The summed E-state index contributed by atoms with van der Waals surface area (Å²) in [7, 11) is 1.57. The van der Waals surface area contributed by atoms with Gasteiger partial charge >= 0.3 is 0 Å². The molecule has 7 heteroatoms. The van der Waals surface area contributed by atoms with Crippen LogP contribution in [0, 0.1) is 0 Å². The molecule has 0 aromatic heterocycles. The molecule has 0 aliphatic carbocycles. The summed E-state index contributed by atoms with van der Waals surface area (Å²) < 4.78 is 10.6. The van der Waals surface area contributed by atoms with Crippen LogP contribution in [0.2, 0.25) is 0 Å². The molecule has 3 amide bonds. The fourth-order valence-electron chi connectivity index (χ4n) is 2.40. The molecule has 0 fully saturated rings. The van der Waals surface area contributed by atoms with Crippen molar-refractivity contribution in [2.24, 2.45) is 0 Å². The van der Waals surface area contributed by atoms with Crippen LogP contribution >= 0.6 is 0 Å². The van der Waals surface area contributed by atoms with Crippen LogP contribution in [0.1, 0.15) is 27.6 Å². The van der Waals surface area contributed by atoms with Gasteiger partial charge in [-0.1, -0.05) is 0 Å². The second-order valence-corrected chi connectivity index (χ2v) is 5.47. The third kappa shape index (κ3) is 3.45. The highest BCUT2D eigenvalue weighted by molar-refractivity contribution is 6.22. The zero-order valence-electron chi connectivity index (χ0n) is 13.7. The molecule has 2 aromatic rings. The summed E-state index contributed by atoms with van der Waals surface area (Å²) in [5.74, 6) is -0.0639. The predicted molar refractivity (Wildman–Crippen MR) is 90.0 cm³/mol. The topological polar surface area (TPSA) is 93.7 Å². The summed E-state index contributed by atoms with van der Waals surface area (Å²) >= 11 is 0. The lowest BCUT2D eigenvalue weighted by atomic mass is 10.1. The number of hydrogen-bond acceptors (Lipinski definition) is 5. The molecule has 0 bridgehead atoms. The Labute approximate surface area is 143 Å². The lowest BCUT2D eigenvalue weighted by molar-refractivity contribution is -0.122. The van der Waals surface area contributed by atoms with Crippen LogP contribution < -0.4 is 20.1 Å². The molecule has 7 nitrogen and oxygen atoms in total. The monoisotopic (exact) mass is 340 g/mol. The highest BCUT2D eigenvalue weighted by Crippen LogP contribution is 2.21. The van der Waals surface area contributed by atoms with Crippen molar-refractivity contribution in [3.05, 3.63) is 53.6 Å². The molecule has 1 aliphatic heterocycles. The smallest absolute Gasteiger partial charge is 0.265 e. The van der Waals surface area contributed by atoms with E-state index in [2.05, 4.69) is 10.6 Å². The van der Waals surface area contributed by atoms with Crippen LogP contribution in [0.3, 0.4) is 0 Å². The minimum atomic E-state index is -0.753. The third-order valence-electron chi connectivity index (χ3n) is 3.74. The molecule has 25 heavy (non-hydrogen) atoms. The van der Waals surface area contributed by atoms with E-state index in [0.29, 0.717) is 22.7 Å². The minimum Gasteiger partial charge on any atom is -0.497 e. The van der Waals surface area contributed by atoms with Crippen molar-refractivity contribution >= 4 is 23.4 Å². The fraction of sp³-hybridized carbons (Fsp3) is 0.167. The van der Waals surface area contributed by atoms with Gasteiger partial charge in [-0.05, 0) is 49.4 Å². The van der Waals surface area contributed by atoms with Gasteiger partial charge in [0.05, 0.1) is 18.2 Å². The Morgan fingerprint density at radius 3 is 2.32 bits per heavy atom. The molecule has 2 N–H and O–H groups in total. The van der Waals surface area contributed by atoms with Gasteiger partial charge in [0, 0.05) is 5.69 Å². The van der Waals surface area contributed by atoms with Crippen LogP contribution in [0.15, 0.2) is 42.5 Å². The average molecular weight is 340 g/mol. The molecular weight excluding hydrogens is 324 g/mol. The van der Waals surface area contributed by atoms with Crippen molar-refractivity contribution in [3.63, 3.8) is 0 Å². The Morgan fingerprint density at radius 1 is 1.00 bits per heavy atom. The van der Waals surface area contributed by atoms with E-state index in [-0.39, 0.29) is 11.5 Å². The van der Waals surface area contributed by atoms with Crippen LogP contribution in [-0.4, -0.2) is 30.9 Å². The molecule has 0 unspecified atom stereocenters. The number of amides is 3. The number of imide groups is 1. The van der Waals surface area contributed by atoms with Gasteiger partial charge in [0.1, 0.15) is 11.5 Å². The maximum absolute atomic E-state index is 12.3. The van der Waals surface area contributed by atoms with Gasteiger partial charge in [-0.2, -0.15) is 0 Å². The Balaban J connectivity index is 1.66. The molecule has 0 saturated heterocycles. The van der Waals surface area contributed by atoms with Crippen molar-refractivity contribution in [2.45, 2.75) is 13.0 Å². The van der Waals surface area contributed by atoms with Crippen LogP contribution in [0.5, 0.6) is 11.5 Å². The number of anilines is 1. The number of hydrogen-bond donors (Lipinski definition) is 2. The third-order valence-corrected chi connectivity index (χ3v) is 3.74. The molecule has 0 spiro atoms. The van der Waals surface area contributed by atoms with E-state index in [0.717, 1.165) is 0 Å². The molecule has 0 saturated carbocycles. The number of rotatable bonds is 5. The van der Waals surface area contributed by atoms with Crippen molar-refractivity contribution in [1.29, 1.82) is 0 Å². The van der Waals surface area contributed by atoms with Crippen LogP contribution in [-0.2, 0) is 4.79 Å². The summed E-state index contributed by atoms with van der Waals surface area (Å²) in [6, 6.07) is 11.4. The highest BCUT2D eigenvalue weighted by Gasteiger charge is 2.27. The van der Waals surface area contributed by atoms with Crippen molar-refractivity contribution in [1.82, 2.24) is 5.32 Å². The zero-order chi connectivity index (χ0) is 18.0. The van der Waals surface area contributed by atoms with E-state index in [4.69, 9.17) is 9.47 Å². The Morgan fingerprint density at radius 2 is 1.64 bits per heavy atom. The number of benzene rings is 2. The second-order valence-electron chi connectivity index (χ2n) is 5.47. The van der Waals surface area contributed by atoms with Crippen molar-refractivity contribution < 1.29 is 23.9 Å². The number of ether oxygens (including phenoxy) is 2. The first-order valence-electron chi connectivity index (χ1n) is 7.59. The SMILES string of the molecule is COc1ccc(O[C@H](C)C(=O)Nc2ccc3c(c2)C(=O)NC3=O)cc1. The summed E-state index contributed by atoms with van der Waals surface area (Å²) in [5.41, 5.74) is 0.954. The van der Waals surface area contributed by atoms with Crippen LogP contribution in [0.4, 0.5) is 5.69 Å². The molecule has 128 valence electrons. The minimum absolute atomic E-state index is 0.242. The van der Waals surface area contributed by atoms with Gasteiger partial charge in [0.2, 0.25) is 0 Å². The quantitative estimate of drug-likeness (QED) is 0.812. The van der Waals surface area contributed by atoms with E-state index in [9.17, 15) is 14.4 Å². The molecule has 1 aliphatic rings. The number of carbonyl (C=O) groups is 3. The molecule has 0 radical (unpaired) electrons. The fourth-order valence-corrected chi connectivity index (χ4v) is 2.40.